The summed E-state index contributed by atoms with van der Waals surface area (Å²) in [4.78, 5) is 0. The van der Waals surface area contributed by atoms with Gasteiger partial charge in [-0.15, -0.1) is 0 Å². The van der Waals surface area contributed by atoms with Crippen LogP contribution in [0.3, 0.4) is 0 Å². The minimum Gasteiger partial charge on any atom is -0.455 e. The van der Waals surface area contributed by atoms with Gasteiger partial charge in [-0.05, 0) is 53.1 Å². The third-order valence-corrected chi connectivity index (χ3v) is 5.95. The number of fused-ring (bicyclic) bond motifs is 3. The molecule has 0 fully saturated rings. The molecule has 0 N–H and O–H groups in total. The highest BCUT2D eigenvalue weighted by Gasteiger charge is 2.34. The van der Waals surface area contributed by atoms with Gasteiger partial charge in [-0.2, -0.15) is 0 Å². The van der Waals surface area contributed by atoms with Crippen molar-refractivity contribution in [3.8, 4) is 22.8 Å². The minimum absolute atomic E-state index is 0.982. The van der Waals surface area contributed by atoms with Gasteiger partial charge in [-0.25, -0.2) is 4.57 Å². The van der Waals surface area contributed by atoms with Crippen LogP contribution in [0.5, 0.6) is 11.5 Å². The Morgan fingerprint density at radius 1 is 0.960 bits per heavy atom. The Balaban J connectivity index is 1.88. The van der Waals surface area contributed by atoms with Crippen molar-refractivity contribution in [2.45, 2.75) is 19.8 Å². The third kappa shape index (κ3) is 1.53. The van der Waals surface area contributed by atoms with E-state index in [1.807, 2.05) is 0 Å². The summed E-state index contributed by atoms with van der Waals surface area (Å²) in [6.07, 6.45) is 4.35. The molecule has 0 amide bonds. The second kappa shape index (κ2) is 4.40. The Morgan fingerprint density at radius 2 is 1.84 bits per heavy atom. The van der Waals surface area contributed by atoms with Crippen molar-refractivity contribution in [3.05, 3.63) is 65.4 Å². The summed E-state index contributed by atoms with van der Waals surface area (Å²) in [6.45, 7) is 2.25. The van der Waals surface area contributed by atoms with Crippen LogP contribution in [0.2, 0.25) is 0 Å². The van der Waals surface area contributed by atoms with Crippen LogP contribution < -0.4 is 9.30 Å². The molecule has 1 aliphatic carbocycles. The van der Waals surface area contributed by atoms with E-state index in [4.69, 9.17) is 4.74 Å². The first-order valence-electron chi connectivity index (χ1n) is 8.90. The van der Waals surface area contributed by atoms with Gasteiger partial charge >= 0.3 is 0 Å². The largest absolute Gasteiger partial charge is 0.455 e. The molecular weight excluding hydrogens is 306 g/mol. The maximum absolute atomic E-state index is 6.54. The fraction of sp³-hybridized carbons (Fsp3) is 0.174. The summed E-state index contributed by atoms with van der Waals surface area (Å²) < 4.78 is 8.78. The standard InChI is InChI=1S/C23H18NO/c1-13-16-7-3-5-14-9-10-17(20(14)16)23-19(13)22-21-15(11-12-24(22)2)6-4-8-18(21)25-23/h3-8,11-12H,9-10H2,1-2H3/q+1. The molecule has 0 saturated heterocycles. The van der Waals surface area contributed by atoms with Crippen molar-refractivity contribution in [2.24, 2.45) is 7.05 Å². The lowest BCUT2D eigenvalue weighted by Gasteiger charge is -2.23. The van der Waals surface area contributed by atoms with Gasteiger partial charge in [0.15, 0.2) is 6.20 Å². The number of aromatic nitrogens is 1. The highest BCUT2D eigenvalue weighted by molar-refractivity contribution is 6.07. The molecule has 2 heteroatoms. The topological polar surface area (TPSA) is 13.1 Å². The number of rotatable bonds is 0. The Labute approximate surface area is 146 Å². The number of benzene rings is 3. The second-order valence-corrected chi connectivity index (χ2v) is 7.25. The smallest absolute Gasteiger partial charge is 0.228 e. The first kappa shape index (κ1) is 13.4. The monoisotopic (exact) mass is 324 g/mol. The number of pyridine rings is 1. The zero-order valence-corrected chi connectivity index (χ0v) is 14.4. The van der Waals surface area contributed by atoms with Crippen LogP contribution in [-0.4, -0.2) is 0 Å². The predicted octanol–water partition coefficient (Wildman–Crippen LogP) is 5.00. The van der Waals surface area contributed by atoms with Crippen molar-refractivity contribution in [2.75, 3.05) is 0 Å². The molecule has 2 heterocycles. The van der Waals surface area contributed by atoms with Crippen LogP contribution in [0.15, 0.2) is 48.7 Å². The molecule has 1 aliphatic heterocycles. The lowest BCUT2D eigenvalue weighted by atomic mass is 9.89. The van der Waals surface area contributed by atoms with Crippen molar-refractivity contribution in [1.82, 2.24) is 0 Å². The van der Waals surface area contributed by atoms with Gasteiger partial charge in [0.1, 0.15) is 18.5 Å². The number of nitrogens with zero attached hydrogens (tertiary/aromatic N) is 1. The average Bonchev–Trinajstić information content (AvgIpc) is 3.07. The van der Waals surface area contributed by atoms with E-state index in [0.717, 1.165) is 24.3 Å². The van der Waals surface area contributed by atoms with E-state index in [-0.39, 0.29) is 0 Å². The Bertz CT molecular complexity index is 1240. The predicted molar refractivity (Wildman–Crippen MR) is 100 cm³/mol. The van der Waals surface area contributed by atoms with Gasteiger partial charge in [-0.1, -0.05) is 30.3 Å². The third-order valence-electron chi connectivity index (χ3n) is 5.95. The molecule has 0 radical (unpaired) electrons. The van der Waals surface area contributed by atoms with E-state index in [1.165, 1.54) is 49.5 Å². The number of hydrogen-bond acceptors (Lipinski definition) is 1. The molecule has 0 bridgehead atoms. The minimum atomic E-state index is 0.982. The molecule has 0 atom stereocenters. The molecule has 0 unspecified atom stereocenters. The maximum Gasteiger partial charge on any atom is 0.228 e. The quantitative estimate of drug-likeness (QED) is 0.365. The van der Waals surface area contributed by atoms with E-state index in [0.29, 0.717) is 0 Å². The molecule has 2 nitrogen and oxygen atoms in total. The van der Waals surface area contributed by atoms with Crippen molar-refractivity contribution >= 4 is 21.5 Å². The van der Waals surface area contributed by atoms with Crippen molar-refractivity contribution in [1.29, 1.82) is 0 Å². The summed E-state index contributed by atoms with van der Waals surface area (Å²) in [6, 6.07) is 15.3. The van der Waals surface area contributed by atoms with E-state index >= 15 is 0 Å². The van der Waals surface area contributed by atoms with Crippen molar-refractivity contribution in [3.63, 3.8) is 0 Å². The van der Waals surface area contributed by atoms with Crippen LogP contribution in [-0.2, 0) is 19.9 Å². The van der Waals surface area contributed by atoms with Gasteiger partial charge < -0.3 is 4.74 Å². The summed E-state index contributed by atoms with van der Waals surface area (Å²) >= 11 is 0. The fourth-order valence-corrected chi connectivity index (χ4v) is 4.82. The summed E-state index contributed by atoms with van der Waals surface area (Å²) in [5, 5.41) is 5.27. The molecule has 4 aromatic rings. The lowest BCUT2D eigenvalue weighted by Crippen LogP contribution is -2.32. The Kier molecular flexibility index (Phi) is 2.36. The summed E-state index contributed by atoms with van der Waals surface area (Å²) in [7, 11) is 2.14. The highest BCUT2D eigenvalue weighted by atomic mass is 16.5. The van der Waals surface area contributed by atoms with E-state index < -0.39 is 0 Å². The normalized spacial score (nSPS) is 14.0. The molecule has 25 heavy (non-hydrogen) atoms. The molecular formula is C23H18NO+. The van der Waals surface area contributed by atoms with Crippen molar-refractivity contribution < 1.29 is 9.30 Å². The number of ether oxygens (including phenoxy) is 1. The molecule has 2 aliphatic rings. The molecule has 6 rings (SSSR count). The maximum atomic E-state index is 6.54. The molecule has 1 aromatic heterocycles. The SMILES string of the molecule is Cc1c2c(c3c4c(cccc14)CC3)Oc1cccc3cc[n+](C)c-2c13. The van der Waals surface area contributed by atoms with E-state index in [1.54, 1.807) is 0 Å². The van der Waals surface area contributed by atoms with Gasteiger partial charge in [0.25, 0.3) is 0 Å². The van der Waals surface area contributed by atoms with Crippen LogP contribution in [0.25, 0.3) is 32.8 Å². The summed E-state index contributed by atoms with van der Waals surface area (Å²) in [5.74, 6) is 2.06. The first-order chi connectivity index (χ1) is 12.2. The van der Waals surface area contributed by atoms with Crippen LogP contribution in [0.1, 0.15) is 16.7 Å². The summed E-state index contributed by atoms with van der Waals surface area (Å²) in [5.41, 5.74) is 6.73. The Morgan fingerprint density at radius 3 is 2.76 bits per heavy atom. The second-order valence-electron chi connectivity index (χ2n) is 7.25. The van der Waals surface area contributed by atoms with Gasteiger partial charge in [0.2, 0.25) is 5.69 Å². The lowest BCUT2D eigenvalue weighted by molar-refractivity contribution is -0.659. The Hall–Kier alpha value is -2.87. The van der Waals surface area contributed by atoms with Gasteiger partial charge in [-0.3, -0.25) is 0 Å². The van der Waals surface area contributed by atoms with E-state index in [9.17, 15) is 0 Å². The van der Waals surface area contributed by atoms with Gasteiger partial charge in [0.05, 0.1) is 10.9 Å². The molecule has 3 aromatic carbocycles. The zero-order valence-electron chi connectivity index (χ0n) is 14.4. The fourth-order valence-electron chi connectivity index (χ4n) is 4.82. The highest BCUT2D eigenvalue weighted by Crippen LogP contribution is 2.52. The van der Waals surface area contributed by atoms with Gasteiger partial charge in [0, 0.05) is 11.6 Å². The molecule has 0 spiro atoms. The molecule has 120 valence electrons. The van der Waals surface area contributed by atoms with Crippen LogP contribution in [0.4, 0.5) is 0 Å². The zero-order chi connectivity index (χ0) is 16.7. The average molecular weight is 324 g/mol. The van der Waals surface area contributed by atoms with E-state index in [2.05, 4.69) is 67.2 Å². The first-order valence-corrected chi connectivity index (χ1v) is 8.90. The van der Waals surface area contributed by atoms with Crippen LogP contribution in [0, 0.1) is 6.92 Å². The molecule has 0 saturated carbocycles. The number of aryl methyl sites for hydroxylation is 4. The number of hydrogen-bond donors (Lipinski definition) is 0. The van der Waals surface area contributed by atoms with Crippen LogP contribution >= 0.6 is 0 Å².